The van der Waals surface area contributed by atoms with E-state index >= 15 is 0 Å². The fourth-order valence-corrected chi connectivity index (χ4v) is 6.23. The molecule has 4 aliphatic heterocycles. The molecule has 6 rings (SSSR count). The Balaban J connectivity index is 1.15. The highest BCUT2D eigenvalue weighted by molar-refractivity contribution is 5.42. The Labute approximate surface area is 174 Å². The predicted octanol–water partition coefficient (Wildman–Crippen LogP) is 4.57. The van der Waals surface area contributed by atoms with E-state index in [1.807, 2.05) is 0 Å². The molecule has 0 radical (unpaired) electrons. The average molecular weight is 389 g/mol. The molecule has 0 bridgehead atoms. The van der Waals surface area contributed by atoms with Crippen LogP contribution in [0.25, 0.3) is 0 Å². The fourth-order valence-electron chi connectivity index (χ4n) is 6.23. The minimum atomic E-state index is 0.0648. The van der Waals surface area contributed by atoms with Crippen molar-refractivity contribution in [1.29, 1.82) is 0 Å². The first kappa shape index (κ1) is 18.0. The van der Waals surface area contributed by atoms with Gasteiger partial charge in [-0.1, -0.05) is 36.4 Å². The van der Waals surface area contributed by atoms with E-state index in [4.69, 9.17) is 4.74 Å². The fraction of sp³-hybridized carbons (Fsp3) is 0.538. The van der Waals surface area contributed by atoms with Crippen molar-refractivity contribution in [2.24, 2.45) is 0 Å². The first-order valence-corrected chi connectivity index (χ1v) is 11.6. The van der Waals surface area contributed by atoms with Crippen molar-refractivity contribution < 1.29 is 4.74 Å². The van der Waals surface area contributed by atoms with Crippen LogP contribution >= 0.6 is 0 Å². The van der Waals surface area contributed by atoms with Crippen LogP contribution in [0.5, 0.6) is 5.75 Å². The van der Waals surface area contributed by atoms with Gasteiger partial charge in [-0.25, -0.2) is 0 Å². The van der Waals surface area contributed by atoms with Crippen LogP contribution in [0.15, 0.2) is 42.5 Å². The third kappa shape index (κ3) is 3.39. The number of hydrogen-bond acceptors (Lipinski definition) is 3. The summed E-state index contributed by atoms with van der Waals surface area (Å²) in [5.74, 6) is 1.15. The smallest absolute Gasteiger partial charge is 0.123 e. The molecule has 0 N–H and O–H groups in total. The summed E-state index contributed by atoms with van der Waals surface area (Å²) in [6.07, 6.45) is 8.80. The van der Waals surface area contributed by atoms with E-state index in [9.17, 15) is 0 Å². The van der Waals surface area contributed by atoms with E-state index in [1.165, 1.54) is 73.9 Å². The number of hydrogen-bond donors (Lipinski definition) is 0. The molecule has 0 aliphatic carbocycles. The third-order valence-electron chi connectivity index (χ3n) is 7.87. The van der Waals surface area contributed by atoms with Gasteiger partial charge in [-0.2, -0.15) is 0 Å². The molecule has 2 saturated heterocycles. The van der Waals surface area contributed by atoms with Gasteiger partial charge in [-0.3, -0.25) is 4.90 Å². The summed E-state index contributed by atoms with van der Waals surface area (Å²) in [4.78, 5) is 5.32. The molecule has 0 saturated carbocycles. The van der Waals surface area contributed by atoms with Gasteiger partial charge >= 0.3 is 0 Å². The molecular formula is C26H32N2O. The van der Waals surface area contributed by atoms with Gasteiger partial charge in [0.15, 0.2) is 0 Å². The highest BCUT2D eigenvalue weighted by atomic mass is 16.5. The first-order chi connectivity index (χ1) is 14.3. The first-order valence-electron chi connectivity index (χ1n) is 11.6. The van der Waals surface area contributed by atoms with Gasteiger partial charge in [0.25, 0.3) is 0 Å². The number of fused-ring (bicyclic) bond motifs is 3. The van der Waals surface area contributed by atoms with Crippen LogP contribution in [-0.4, -0.2) is 41.1 Å². The lowest BCUT2D eigenvalue weighted by atomic mass is 9.88. The molecule has 4 heterocycles. The van der Waals surface area contributed by atoms with Gasteiger partial charge in [-0.05, 0) is 67.0 Å². The maximum atomic E-state index is 6.63. The molecule has 2 aromatic carbocycles. The molecule has 4 aliphatic rings. The molecule has 29 heavy (non-hydrogen) atoms. The van der Waals surface area contributed by atoms with Gasteiger partial charge in [0.05, 0.1) is 0 Å². The van der Waals surface area contributed by atoms with Crippen molar-refractivity contribution in [3.63, 3.8) is 0 Å². The Bertz CT molecular complexity index is 893. The number of benzene rings is 2. The van der Waals surface area contributed by atoms with Crippen molar-refractivity contribution in [2.45, 2.75) is 69.7 Å². The quantitative estimate of drug-likeness (QED) is 0.750. The molecule has 2 unspecified atom stereocenters. The zero-order valence-electron chi connectivity index (χ0n) is 17.4. The highest BCUT2D eigenvalue weighted by Crippen LogP contribution is 2.43. The second-order valence-electron chi connectivity index (χ2n) is 9.75. The van der Waals surface area contributed by atoms with Gasteiger partial charge in [0.2, 0.25) is 0 Å². The summed E-state index contributed by atoms with van der Waals surface area (Å²) in [7, 11) is 0. The van der Waals surface area contributed by atoms with Crippen LogP contribution < -0.4 is 4.74 Å². The van der Waals surface area contributed by atoms with Crippen LogP contribution in [0, 0.1) is 0 Å². The lowest BCUT2D eigenvalue weighted by Gasteiger charge is -2.28. The van der Waals surface area contributed by atoms with Crippen LogP contribution in [0.2, 0.25) is 0 Å². The minimum Gasteiger partial charge on any atom is -0.487 e. The molecule has 152 valence electrons. The Hall–Kier alpha value is -1.84. The monoisotopic (exact) mass is 388 g/mol. The van der Waals surface area contributed by atoms with Crippen LogP contribution in [0.3, 0.4) is 0 Å². The second kappa shape index (κ2) is 7.14. The maximum Gasteiger partial charge on any atom is 0.123 e. The van der Waals surface area contributed by atoms with E-state index in [1.54, 1.807) is 0 Å². The van der Waals surface area contributed by atoms with Crippen molar-refractivity contribution >= 4 is 0 Å². The number of ether oxygens (including phenoxy) is 1. The topological polar surface area (TPSA) is 15.7 Å². The highest BCUT2D eigenvalue weighted by Gasteiger charge is 2.43. The Morgan fingerprint density at radius 3 is 2.83 bits per heavy atom. The average Bonchev–Trinajstić information content (AvgIpc) is 3.30. The molecular weight excluding hydrogens is 356 g/mol. The van der Waals surface area contributed by atoms with Gasteiger partial charge in [0.1, 0.15) is 11.4 Å². The Morgan fingerprint density at radius 2 is 1.86 bits per heavy atom. The predicted molar refractivity (Wildman–Crippen MR) is 116 cm³/mol. The van der Waals surface area contributed by atoms with Crippen LogP contribution in [-0.2, 0) is 25.9 Å². The SMILES string of the molecule is c1ccc2c(c1)CCN(Cc1ccc3c(c1)CC1(CCC4CCCN4CC1)O3)C2. The van der Waals surface area contributed by atoms with Crippen LogP contribution in [0.4, 0.5) is 0 Å². The number of nitrogens with zero attached hydrogens (tertiary/aromatic N) is 2. The van der Waals surface area contributed by atoms with Crippen molar-refractivity contribution in [3.05, 3.63) is 64.7 Å². The maximum absolute atomic E-state index is 6.63. The summed E-state index contributed by atoms with van der Waals surface area (Å²) in [5.41, 5.74) is 5.98. The summed E-state index contributed by atoms with van der Waals surface area (Å²) in [5, 5.41) is 0. The zero-order chi connectivity index (χ0) is 19.3. The van der Waals surface area contributed by atoms with E-state index in [2.05, 4.69) is 52.3 Å². The van der Waals surface area contributed by atoms with Gasteiger partial charge in [-0.15, -0.1) is 0 Å². The molecule has 1 spiro atoms. The summed E-state index contributed by atoms with van der Waals surface area (Å²) in [6.45, 7) is 5.80. The molecule has 2 aromatic rings. The van der Waals surface area contributed by atoms with Crippen molar-refractivity contribution in [2.75, 3.05) is 19.6 Å². The Kier molecular flexibility index (Phi) is 4.42. The molecule has 0 aromatic heterocycles. The lowest BCUT2D eigenvalue weighted by molar-refractivity contribution is 0.0771. The second-order valence-corrected chi connectivity index (χ2v) is 9.75. The van der Waals surface area contributed by atoms with E-state index < -0.39 is 0 Å². The minimum absolute atomic E-state index is 0.0648. The molecule has 2 fully saturated rings. The lowest BCUT2D eigenvalue weighted by Crippen LogP contribution is -2.35. The largest absolute Gasteiger partial charge is 0.487 e. The molecule has 3 heteroatoms. The molecule has 2 atom stereocenters. The van der Waals surface area contributed by atoms with Crippen molar-refractivity contribution in [1.82, 2.24) is 9.80 Å². The van der Waals surface area contributed by atoms with E-state index in [0.29, 0.717) is 0 Å². The summed E-state index contributed by atoms with van der Waals surface area (Å²) < 4.78 is 6.63. The molecule has 3 nitrogen and oxygen atoms in total. The van der Waals surface area contributed by atoms with E-state index in [-0.39, 0.29) is 5.60 Å². The normalized spacial score (nSPS) is 29.2. The van der Waals surface area contributed by atoms with Crippen LogP contribution in [0.1, 0.15) is 54.4 Å². The van der Waals surface area contributed by atoms with E-state index in [0.717, 1.165) is 37.8 Å². The standard InChI is InChI=1S/C26H32N2O/c1-2-5-22-19-27(14-10-21(22)4-1)18-20-7-8-25-23(16-20)17-26(29-25)11-9-24-6-3-13-28(24)15-12-26/h1-2,4-5,7-8,16,24H,3,6,9-15,17-19H2. The van der Waals surface area contributed by atoms with Crippen molar-refractivity contribution in [3.8, 4) is 5.75 Å². The Morgan fingerprint density at radius 1 is 0.931 bits per heavy atom. The third-order valence-corrected chi connectivity index (χ3v) is 7.87. The summed E-state index contributed by atoms with van der Waals surface area (Å²) in [6, 6.07) is 16.7. The zero-order valence-corrected chi connectivity index (χ0v) is 17.4. The summed E-state index contributed by atoms with van der Waals surface area (Å²) >= 11 is 0. The van der Waals surface area contributed by atoms with Gasteiger partial charge < -0.3 is 9.64 Å². The van der Waals surface area contributed by atoms with Gasteiger partial charge in [0, 0.05) is 45.1 Å². The number of rotatable bonds is 2. The molecule has 0 amide bonds.